The SMILES string of the molecule is Cc1cccc(C)c1-c1cc2nc(n1)NSc1cccc(c1)CN(CCC1CCN(C(=O)OC(C)(C)C)CC1)C(CC(C)C)CO2. The van der Waals surface area contributed by atoms with Gasteiger partial charge in [0.1, 0.15) is 12.2 Å². The fraction of sp³-hybridized carbons (Fsp3) is 0.541. The average molecular weight is 646 g/mol. The maximum absolute atomic E-state index is 12.6. The first-order chi connectivity index (χ1) is 21.9. The van der Waals surface area contributed by atoms with E-state index in [1.807, 2.05) is 31.7 Å². The monoisotopic (exact) mass is 645 g/mol. The highest BCUT2D eigenvalue weighted by atomic mass is 32.2. The number of carbonyl (C=O) groups is 1. The van der Waals surface area contributed by atoms with E-state index in [1.165, 1.54) is 28.6 Å². The van der Waals surface area contributed by atoms with E-state index < -0.39 is 5.60 Å². The Kier molecular flexibility index (Phi) is 11.2. The number of anilines is 1. The zero-order valence-electron chi connectivity index (χ0n) is 28.6. The van der Waals surface area contributed by atoms with Crippen LogP contribution in [0.5, 0.6) is 5.88 Å². The van der Waals surface area contributed by atoms with Crippen LogP contribution in [0, 0.1) is 25.7 Å². The summed E-state index contributed by atoms with van der Waals surface area (Å²) in [6.07, 6.45) is 3.91. The lowest BCUT2D eigenvalue weighted by atomic mass is 9.92. The second kappa shape index (κ2) is 15.1. The number of hydrogen-bond donors (Lipinski definition) is 1. The van der Waals surface area contributed by atoms with Gasteiger partial charge in [-0.3, -0.25) is 9.62 Å². The predicted octanol–water partition coefficient (Wildman–Crippen LogP) is 8.53. The molecule has 0 aliphatic carbocycles. The Morgan fingerprint density at radius 1 is 1.07 bits per heavy atom. The number of hydrogen-bond acceptors (Lipinski definition) is 8. The van der Waals surface area contributed by atoms with Crippen LogP contribution < -0.4 is 9.46 Å². The molecule has 248 valence electrons. The third kappa shape index (κ3) is 9.38. The molecule has 9 heteroatoms. The van der Waals surface area contributed by atoms with Crippen LogP contribution in [0.4, 0.5) is 10.7 Å². The Labute approximate surface area is 279 Å². The molecule has 3 aromatic rings. The number of aromatic nitrogens is 2. The number of nitrogens with zero attached hydrogens (tertiary/aromatic N) is 4. The van der Waals surface area contributed by atoms with Crippen molar-refractivity contribution in [3.05, 3.63) is 65.2 Å². The zero-order chi connectivity index (χ0) is 32.8. The van der Waals surface area contributed by atoms with Gasteiger partial charge in [-0.25, -0.2) is 9.78 Å². The smallest absolute Gasteiger partial charge is 0.410 e. The number of rotatable bonds is 6. The standard InChI is InChI=1S/C37H51N5O3S/c1-25(2)20-30-24-44-33-22-32(34-26(3)10-8-11-27(34)4)38-35(39-33)40-46-31-13-9-12-29(21-31)23-42(30)19-16-28-14-17-41(18-15-28)36(43)45-37(5,6)7/h8-13,21-22,25,28,30H,14-20,23-24H2,1-7H3,(H,38,39,40). The zero-order valence-corrected chi connectivity index (χ0v) is 29.5. The van der Waals surface area contributed by atoms with E-state index >= 15 is 0 Å². The predicted molar refractivity (Wildman–Crippen MR) is 187 cm³/mol. The van der Waals surface area contributed by atoms with Crippen LogP contribution in [-0.2, 0) is 11.3 Å². The van der Waals surface area contributed by atoms with Crippen molar-refractivity contribution >= 4 is 24.0 Å². The number of aryl methyl sites for hydroxylation is 2. The summed E-state index contributed by atoms with van der Waals surface area (Å²) in [4.78, 5) is 27.9. The Morgan fingerprint density at radius 3 is 2.48 bits per heavy atom. The number of likely N-dealkylation sites (tertiary alicyclic amines) is 1. The van der Waals surface area contributed by atoms with E-state index in [9.17, 15) is 4.79 Å². The molecule has 3 heterocycles. The molecular weight excluding hydrogens is 595 g/mol. The summed E-state index contributed by atoms with van der Waals surface area (Å²) in [7, 11) is 0. The van der Waals surface area contributed by atoms with Crippen LogP contribution in [0.15, 0.2) is 53.4 Å². The number of benzene rings is 2. The van der Waals surface area contributed by atoms with E-state index in [0.29, 0.717) is 30.3 Å². The van der Waals surface area contributed by atoms with Gasteiger partial charge in [-0.05, 0) is 119 Å². The Hall–Kier alpha value is -3.30. The highest BCUT2D eigenvalue weighted by Crippen LogP contribution is 2.32. The second-order valence-electron chi connectivity index (χ2n) is 14.3. The van der Waals surface area contributed by atoms with Gasteiger partial charge in [0, 0.05) is 42.2 Å². The third-order valence-electron chi connectivity index (χ3n) is 8.76. The van der Waals surface area contributed by atoms with E-state index in [-0.39, 0.29) is 12.1 Å². The van der Waals surface area contributed by atoms with Crippen LogP contribution in [0.1, 0.15) is 77.0 Å². The molecule has 2 aliphatic rings. The molecule has 0 saturated carbocycles. The summed E-state index contributed by atoms with van der Waals surface area (Å²) in [5.74, 6) is 2.21. The summed E-state index contributed by atoms with van der Waals surface area (Å²) < 4.78 is 15.6. The minimum absolute atomic E-state index is 0.194. The minimum Gasteiger partial charge on any atom is -0.476 e. The van der Waals surface area contributed by atoms with Crippen molar-refractivity contribution in [3.63, 3.8) is 0 Å². The Bertz CT molecular complexity index is 1460. The molecule has 1 N–H and O–H groups in total. The molecule has 1 fully saturated rings. The highest BCUT2D eigenvalue weighted by molar-refractivity contribution is 8.00. The molecule has 1 atom stereocenters. The topological polar surface area (TPSA) is 79.8 Å². The van der Waals surface area contributed by atoms with Crippen molar-refractivity contribution in [2.75, 3.05) is 31.0 Å². The minimum atomic E-state index is -0.471. The normalized spacial score (nSPS) is 18.2. The molecule has 0 radical (unpaired) electrons. The van der Waals surface area contributed by atoms with Crippen molar-refractivity contribution < 1.29 is 14.3 Å². The molecule has 1 amide bonds. The van der Waals surface area contributed by atoms with Crippen molar-refractivity contribution in [2.45, 2.75) is 97.2 Å². The lowest BCUT2D eigenvalue weighted by molar-refractivity contribution is 0.0172. The van der Waals surface area contributed by atoms with Gasteiger partial charge in [-0.2, -0.15) is 4.98 Å². The first-order valence-electron chi connectivity index (χ1n) is 16.8. The van der Waals surface area contributed by atoms with Crippen LogP contribution >= 0.6 is 11.9 Å². The van der Waals surface area contributed by atoms with Crippen molar-refractivity contribution in [1.82, 2.24) is 19.8 Å². The van der Waals surface area contributed by atoms with Crippen LogP contribution in [0.3, 0.4) is 0 Å². The fourth-order valence-electron chi connectivity index (χ4n) is 6.46. The van der Waals surface area contributed by atoms with E-state index in [0.717, 1.165) is 68.0 Å². The lowest BCUT2D eigenvalue weighted by Gasteiger charge is -2.36. The lowest BCUT2D eigenvalue weighted by Crippen LogP contribution is -2.43. The van der Waals surface area contributed by atoms with Gasteiger partial charge >= 0.3 is 6.09 Å². The molecule has 1 aromatic heterocycles. The molecule has 0 spiro atoms. The van der Waals surface area contributed by atoms with E-state index in [1.54, 1.807) is 0 Å². The third-order valence-corrected chi connectivity index (χ3v) is 9.53. The summed E-state index contributed by atoms with van der Waals surface area (Å²) in [5.41, 5.74) is 5.14. The van der Waals surface area contributed by atoms with Gasteiger partial charge in [0.05, 0.1) is 5.69 Å². The van der Waals surface area contributed by atoms with Gasteiger partial charge in [0.25, 0.3) is 0 Å². The second-order valence-corrected chi connectivity index (χ2v) is 15.2. The Balaban J connectivity index is 1.37. The summed E-state index contributed by atoms with van der Waals surface area (Å²) in [6, 6.07) is 17.3. The molecule has 2 aromatic carbocycles. The molecule has 1 saturated heterocycles. The summed E-state index contributed by atoms with van der Waals surface area (Å²) in [6.45, 7) is 18.5. The van der Waals surface area contributed by atoms with E-state index in [4.69, 9.17) is 19.4 Å². The van der Waals surface area contributed by atoms with Crippen molar-refractivity contribution in [3.8, 4) is 17.1 Å². The quantitative estimate of drug-likeness (QED) is 0.267. The summed E-state index contributed by atoms with van der Waals surface area (Å²) >= 11 is 1.53. The van der Waals surface area contributed by atoms with Crippen LogP contribution in [-0.4, -0.2) is 63.7 Å². The Morgan fingerprint density at radius 2 is 1.78 bits per heavy atom. The van der Waals surface area contributed by atoms with Crippen LogP contribution in [0.25, 0.3) is 11.3 Å². The fourth-order valence-corrected chi connectivity index (χ4v) is 7.11. The van der Waals surface area contributed by atoms with Gasteiger partial charge in [0.15, 0.2) is 0 Å². The molecule has 1 unspecified atom stereocenters. The van der Waals surface area contributed by atoms with Crippen LogP contribution in [0.2, 0.25) is 0 Å². The van der Waals surface area contributed by atoms with Crippen molar-refractivity contribution in [2.24, 2.45) is 11.8 Å². The first kappa shape index (κ1) is 34.0. The molecule has 8 nitrogen and oxygen atoms in total. The summed E-state index contributed by atoms with van der Waals surface area (Å²) in [5, 5.41) is 0. The number of piperidine rings is 1. The first-order valence-corrected chi connectivity index (χ1v) is 17.6. The van der Waals surface area contributed by atoms with Gasteiger partial charge in [-0.15, -0.1) is 0 Å². The van der Waals surface area contributed by atoms with Gasteiger partial charge in [-0.1, -0.05) is 44.2 Å². The number of carbonyl (C=O) groups excluding carboxylic acids is 1. The number of amides is 1. The molecule has 2 aliphatic heterocycles. The molecule has 5 rings (SSSR count). The largest absolute Gasteiger partial charge is 0.476 e. The van der Waals surface area contributed by atoms with Gasteiger partial charge < -0.3 is 14.4 Å². The van der Waals surface area contributed by atoms with Gasteiger partial charge in [0.2, 0.25) is 11.8 Å². The maximum Gasteiger partial charge on any atom is 0.410 e. The molecular formula is C37H51N5O3S. The molecule has 4 bridgehead atoms. The number of fused-ring (bicyclic) bond motifs is 4. The maximum atomic E-state index is 12.6. The van der Waals surface area contributed by atoms with Crippen molar-refractivity contribution in [1.29, 1.82) is 0 Å². The number of nitrogens with one attached hydrogen (secondary N) is 1. The number of ether oxygens (including phenoxy) is 2. The van der Waals surface area contributed by atoms with E-state index in [2.05, 4.69) is 79.8 Å². The molecule has 46 heavy (non-hydrogen) atoms. The highest BCUT2D eigenvalue weighted by Gasteiger charge is 2.29. The average Bonchev–Trinajstić information content (AvgIpc) is 3.00.